The highest BCUT2D eigenvalue weighted by molar-refractivity contribution is 5.26. The molecule has 1 aromatic heterocycles. The molecule has 0 amide bonds. The average Bonchev–Trinajstić information content (AvgIpc) is 2.43. The lowest BCUT2D eigenvalue weighted by Crippen LogP contribution is -2.26. The van der Waals surface area contributed by atoms with Crippen LogP contribution in [0, 0.1) is 12.7 Å². The molecule has 0 aliphatic heterocycles. The third kappa shape index (κ3) is 3.35. The molecule has 0 bridgehead atoms. The first-order valence-electron chi connectivity index (χ1n) is 6.48. The largest absolute Gasteiger partial charge is 0.304 e. The van der Waals surface area contributed by atoms with Crippen molar-refractivity contribution in [1.82, 2.24) is 15.3 Å². The SMILES string of the molecule is CCCNC(c1ncc(C)cn1)c1ccccc1F. The zero-order valence-electron chi connectivity index (χ0n) is 11.2. The Labute approximate surface area is 112 Å². The third-order valence-electron chi connectivity index (χ3n) is 2.87. The van der Waals surface area contributed by atoms with Gasteiger partial charge in [-0.3, -0.25) is 0 Å². The van der Waals surface area contributed by atoms with E-state index in [0.29, 0.717) is 11.4 Å². The number of nitrogens with one attached hydrogen (secondary N) is 1. The lowest BCUT2D eigenvalue weighted by atomic mass is 10.1. The Morgan fingerprint density at radius 2 is 1.89 bits per heavy atom. The Morgan fingerprint density at radius 1 is 1.21 bits per heavy atom. The van der Waals surface area contributed by atoms with Crippen molar-refractivity contribution in [1.29, 1.82) is 0 Å². The predicted octanol–water partition coefficient (Wildman–Crippen LogP) is 3.01. The fourth-order valence-electron chi connectivity index (χ4n) is 1.89. The first-order valence-corrected chi connectivity index (χ1v) is 6.48. The Morgan fingerprint density at radius 3 is 2.53 bits per heavy atom. The highest BCUT2D eigenvalue weighted by Crippen LogP contribution is 2.21. The second-order valence-electron chi connectivity index (χ2n) is 4.53. The van der Waals surface area contributed by atoms with E-state index in [1.165, 1.54) is 6.07 Å². The first kappa shape index (κ1) is 13.6. The number of rotatable bonds is 5. The maximum Gasteiger partial charge on any atom is 0.149 e. The summed E-state index contributed by atoms with van der Waals surface area (Å²) in [7, 11) is 0. The molecular formula is C15H18FN3. The molecule has 2 aromatic rings. The second kappa shape index (κ2) is 6.38. The Bertz CT molecular complexity index is 525. The van der Waals surface area contributed by atoms with E-state index in [1.807, 2.05) is 13.0 Å². The van der Waals surface area contributed by atoms with Gasteiger partial charge in [0, 0.05) is 18.0 Å². The van der Waals surface area contributed by atoms with Crippen molar-refractivity contribution >= 4 is 0 Å². The van der Waals surface area contributed by atoms with Gasteiger partial charge in [-0.15, -0.1) is 0 Å². The highest BCUT2D eigenvalue weighted by Gasteiger charge is 2.19. The minimum atomic E-state index is -0.304. The molecular weight excluding hydrogens is 241 g/mol. The van der Waals surface area contributed by atoms with Gasteiger partial charge in [0.1, 0.15) is 11.6 Å². The number of hydrogen-bond donors (Lipinski definition) is 1. The van der Waals surface area contributed by atoms with Crippen LogP contribution in [0.4, 0.5) is 4.39 Å². The van der Waals surface area contributed by atoms with Gasteiger partial charge in [0.15, 0.2) is 0 Å². The lowest BCUT2D eigenvalue weighted by molar-refractivity contribution is 0.529. The van der Waals surface area contributed by atoms with Crippen molar-refractivity contribution in [3.63, 3.8) is 0 Å². The minimum Gasteiger partial charge on any atom is -0.304 e. The summed E-state index contributed by atoms with van der Waals surface area (Å²) in [5.74, 6) is 0.365. The second-order valence-corrected chi connectivity index (χ2v) is 4.53. The van der Waals surface area contributed by atoms with E-state index < -0.39 is 0 Å². The summed E-state index contributed by atoms with van der Waals surface area (Å²) in [4.78, 5) is 8.62. The average molecular weight is 259 g/mol. The van der Waals surface area contributed by atoms with E-state index in [2.05, 4.69) is 22.2 Å². The van der Waals surface area contributed by atoms with Crippen LogP contribution < -0.4 is 5.32 Å². The normalized spacial score (nSPS) is 12.4. The predicted molar refractivity (Wildman–Crippen MR) is 73.3 cm³/mol. The van der Waals surface area contributed by atoms with Crippen LogP contribution in [0.5, 0.6) is 0 Å². The van der Waals surface area contributed by atoms with E-state index >= 15 is 0 Å². The van der Waals surface area contributed by atoms with Gasteiger partial charge >= 0.3 is 0 Å². The van der Waals surface area contributed by atoms with Crippen molar-refractivity contribution in [2.24, 2.45) is 0 Å². The van der Waals surface area contributed by atoms with Gasteiger partial charge in [0.05, 0.1) is 6.04 Å². The van der Waals surface area contributed by atoms with E-state index in [-0.39, 0.29) is 11.9 Å². The molecule has 1 unspecified atom stereocenters. The van der Waals surface area contributed by atoms with Gasteiger partial charge in [-0.25, -0.2) is 14.4 Å². The van der Waals surface area contributed by atoms with Gasteiger partial charge in [0.2, 0.25) is 0 Å². The molecule has 19 heavy (non-hydrogen) atoms. The summed E-state index contributed by atoms with van der Waals surface area (Å²) in [5.41, 5.74) is 1.58. The van der Waals surface area contributed by atoms with Crippen molar-refractivity contribution < 1.29 is 4.39 Å². The van der Waals surface area contributed by atoms with Gasteiger partial charge < -0.3 is 5.32 Å². The summed E-state index contributed by atoms with van der Waals surface area (Å²) < 4.78 is 13.9. The molecule has 0 spiro atoms. The quantitative estimate of drug-likeness (QED) is 0.897. The number of hydrogen-bond acceptors (Lipinski definition) is 3. The Kier molecular flexibility index (Phi) is 4.58. The Balaban J connectivity index is 2.35. The molecule has 0 aliphatic rings. The monoisotopic (exact) mass is 259 g/mol. The zero-order valence-corrected chi connectivity index (χ0v) is 11.2. The van der Waals surface area contributed by atoms with E-state index in [4.69, 9.17) is 0 Å². The standard InChI is InChI=1S/C15H18FN3/c1-3-8-17-14(12-6-4-5-7-13(12)16)15-18-9-11(2)10-19-15/h4-7,9-10,14,17H,3,8H2,1-2H3. The fraction of sp³-hybridized carbons (Fsp3) is 0.333. The molecule has 0 aliphatic carbocycles. The minimum absolute atomic E-state index is 0.236. The van der Waals surface area contributed by atoms with Crippen LogP contribution in [0.2, 0.25) is 0 Å². The molecule has 1 aromatic carbocycles. The molecule has 2 rings (SSSR count). The molecule has 4 heteroatoms. The molecule has 0 saturated carbocycles. The Hall–Kier alpha value is -1.81. The number of aromatic nitrogens is 2. The zero-order chi connectivity index (χ0) is 13.7. The fourth-order valence-corrected chi connectivity index (χ4v) is 1.89. The summed E-state index contributed by atoms with van der Waals surface area (Å²) in [6.07, 6.45) is 4.48. The van der Waals surface area contributed by atoms with Gasteiger partial charge in [-0.05, 0) is 31.5 Å². The molecule has 3 nitrogen and oxygen atoms in total. The lowest BCUT2D eigenvalue weighted by Gasteiger charge is -2.18. The van der Waals surface area contributed by atoms with Crippen molar-refractivity contribution in [3.05, 3.63) is 59.4 Å². The van der Waals surface area contributed by atoms with Crippen LogP contribution in [-0.2, 0) is 0 Å². The molecule has 1 atom stereocenters. The van der Waals surface area contributed by atoms with E-state index in [9.17, 15) is 4.39 Å². The summed E-state index contributed by atoms with van der Waals surface area (Å²) in [6.45, 7) is 4.79. The van der Waals surface area contributed by atoms with Crippen molar-refractivity contribution in [2.45, 2.75) is 26.3 Å². The summed E-state index contributed by atoms with van der Waals surface area (Å²) >= 11 is 0. The van der Waals surface area contributed by atoms with Crippen LogP contribution in [0.1, 0.15) is 36.3 Å². The van der Waals surface area contributed by atoms with Gasteiger partial charge in [-0.2, -0.15) is 0 Å². The van der Waals surface area contributed by atoms with E-state index in [1.54, 1.807) is 24.5 Å². The van der Waals surface area contributed by atoms with E-state index in [0.717, 1.165) is 18.5 Å². The van der Waals surface area contributed by atoms with Crippen LogP contribution in [-0.4, -0.2) is 16.5 Å². The molecule has 0 radical (unpaired) electrons. The summed E-state index contributed by atoms with van der Waals surface area (Å²) in [6, 6.07) is 6.44. The highest BCUT2D eigenvalue weighted by atomic mass is 19.1. The van der Waals surface area contributed by atoms with Crippen molar-refractivity contribution in [2.75, 3.05) is 6.54 Å². The van der Waals surface area contributed by atoms with Crippen LogP contribution in [0.15, 0.2) is 36.7 Å². The summed E-state index contributed by atoms with van der Waals surface area (Å²) in [5, 5.41) is 3.30. The topological polar surface area (TPSA) is 37.8 Å². The smallest absolute Gasteiger partial charge is 0.149 e. The molecule has 1 N–H and O–H groups in total. The third-order valence-corrected chi connectivity index (χ3v) is 2.87. The number of benzene rings is 1. The molecule has 0 saturated heterocycles. The number of nitrogens with zero attached hydrogens (tertiary/aromatic N) is 2. The van der Waals surface area contributed by atoms with Crippen LogP contribution in [0.25, 0.3) is 0 Å². The maximum absolute atomic E-state index is 13.9. The maximum atomic E-state index is 13.9. The molecule has 0 fully saturated rings. The van der Waals surface area contributed by atoms with Crippen molar-refractivity contribution in [3.8, 4) is 0 Å². The van der Waals surface area contributed by atoms with Gasteiger partial charge in [0.25, 0.3) is 0 Å². The van der Waals surface area contributed by atoms with Crippen LogP contribution >= 0.6 is 0 Å². The number of halogens is 1. The molecule has 100 valence electrons. The van der Waals surface area contributed by atoms with Crippen LogP contribution in [0.3, 0.4) is 0 Å². The number of aryl methyl sites for hydroxylation is 1. The first-order chi connectivity index (χ1) is 9.22. The van der Waals surface area contributed by atoms with Gasteiger partial charge in [-0.1, -0.05) is 25.1 Å². The molecule has 1 heterocycles.